The van der Waals surface area contributed by atoms with Gasteiger partial charge in [0.25, 0.3) is 0 Å². The maximum atomic E-state index is 11.3. The van der Waals surface area contributed by atoms with Crippen LogP contribution in [0.4, 0.5) is 4.79 Å². The van der Waals surface area contributed by atoms with Gasteiger partial charge in [0.1, 0.15) is 5.60 Å². The van der Waals surface area contributed by atoms with Gasteiger partial charge < -0.3 is 15.8 Å². The van der Waals surface area contributed by atoms with Gasteiger partial charge in [0.05, 0.1) is 0 Å². The third kappa shape index (κ3) is 7.86. The average molecular weight is 202 g/mol. The number of hydrogen-bond donors (Lipinski definition) is 2. The molecule has 0 aromatic rings. The van der Waals surface area contributed by atoms with Crippen molar-refractivity contribution in [3.05, 3.63) is 0 Å². The minimum absolute atomic E-state index is 0.0462. The van der Waals surface area contributed by atoms with Gasteiger partial charge in [0.2, 0.25) is 0 Å². The topological polar surface area (TPSA) is 64.3 Å². The molecule has 84 valence electrons. The third-order valence-electron chi connectivity index (χ3n) is 1.49. The second-order valence-corrected chi connectivity index (χ2v) is 4.76. The van der Waals surface area contributed by atoms with E-state index in [9.17, 15) is 4.79 Å². The molecule has 1 amide bonds. The van der Waals surface area contributed by atoms with E-state index in [1.54, 1.807) is 0 Å². The van der Waals surface area contributed by atoms with Crippen LogP contribution in [0, 0.1) is 0 Å². The fourth-order valence-electron chi connectivity index (χ4n) is 1.13. The van der Waals surface area contributed by atoms with Crippen molar-refractivity contribution in [2.75, 3.05) is 0 Å². The number of amides is 1. The fourth-order valence-corrected chi connectivity index (χ4v) is 1.13. The van der Waals surface area contributed by atoms with E-state index in [-0.39, 0.29) is 18.2 Å². The molecule has 0 aliphatic rings. The number of ether oxygens (including phenoxy) is 1. The van der Waals surface area contributed by atoms with E-state index in [1.807, 2.05) is 34.6 Å². The molecule has 0 heterocycles. The highest BCUT2D eigenvalue weighted by atomic mass is 16.6. The Morgan fingerprint density at radius 3 is 2.29 bits per heavy atom. The zero-order chi connectivity index (χ0) is 11.4. The highest BCUT2D eigenvalue weighted by molar-refractivity contribution is 5.67. The lowest BCUT2D eigenvalue weighted by Crippen LogP contribution is -2.39. The molecule has 0 aliphatic heterocycles. The second kappa shape index (κ2) is 5.20. The average Bonchev–Trinajstić information content (AvgIpc) is 1.77. The molecule has 4 heteroatoms. The maximum Gasteiger partial charge on any atom is 0.407 e. The van der Waals surface area contributed by atoms with Crippen molar-refractivity contribution < 1.29 is 9.53 Å². The van der Waals surface area contributed by atoms with Gasteiger partial charge in [0.15, 0.2) is 0 Å². The number of alkyl carbamates (subject to hydrolysis) is 1. The van der Waals surface area contributed by atoms with Crippen LogP contribution in [0.15, 0.2) is 0 Å². The lowest BCUT2D eigenvalue weighted by molar-refractivity contribution is 0.0505. The Kier molecular flexibility index (Phi) is 4.91. The van der Waals surface area contributed by atoms with Crippen LogP contribution in [-0.2, 0) is 4.74 Å². The molecule has 3 N–H and O–H groups in total. The Balaban J connectivity index is 3.83. The number of nitrogens with two attached hydrogens (primary N) is 1. The predicted octanol–water partition coefficient (Wildman–Crippen LogP) is 1.64. The lowest BCUT2D eigenvalue weighted by atomic mass is 10.1. The van der Waals surface area contributed by atoms with Crippen LogP contribution in [0.2, 0.25) is 0 Å². The van der Waals surface area contributed by atoms with Crippen LogP contribution in [0.3, 0.4) is 0 Å². The number of hydrogen-bond acceptors (Lipinski definition) is 3. The molecule has 0 saturated carbocycles. The Bertz CT molecular complexity index is 185. The number of carbonyl (C=O) groups is 1. The van der Waals surface area contributed by atoms with Crippen LogP contribution in [0.5, 0.6) is 0 Å². The van der Waals surface area contributed by atoms with Gasteiger partial charge in [-0.15, -0.1) is 0 Å². The van der Waals surface area contributed by atoms with Gasteiger partial charge in [-0.25, -0.2) is 4.79 Å². The molecule has 0 aromatic carbocycles. The Morgan fingerprint density at radius 2 is 1.93 bits per heavy atom. The summed E-state index contributed by atoms with van der Waals surface area (Å²) in [6.07, 6.45) is 0.366. The summed E-state index contributed by atoms with van der Waals surface area (Å²) >= 11 is 0. The first-order valence-corrected chi connectivity index (χ1v) is 4.96. The van der Waals surface area contributed by atoms with Gasteiger partial charge in [-0.2, -0.15) is 0 Å². The minimum Gasteiger partial charge on any atom is -0.444 e. The second-order valence-electron chi connectivity index (χ2n) is 4.76. The quantitative estimate of drug-likeness (QED) is 0.731. The van der Waals surface area contributed by atoms with Crippen LogP contribution in [-0.4, -0.2) is 23.8 Å². The summed E-state index contributed by atoms with van der Waals surface area (Å²) in [5.41, 5.74) is 5.16. The van der Waals surface area contributed by atoms with E-state index in [2.05, 4.69) is 5.32 Å². The smallest absolute Gasteiger partial charge is 0.407 e. The van der Waals surface area contributed by atoms with Crippen molar-refractivity contribution in [3.63, 3.8) is 0 Å². The minimum atomic E-state index is -0.446. The Morgan fingerprint density at radius 1 is 1.43 bits per heavy atom. The van der Waals surface area contributed by atoms with E-state index in [0.717, 1.165) is 6.42 Å². The summed E-state index contributed by atoms with van der Waals surface area (Å²) in [7, 11) is 0. The van der Waals surface area contributed by atoms with E-state index in [0.29, 0.717) is 0 Å². The van der Waals surface area contributed by atoms with E-state index in [1.165, 1.54) is 0 Å². The lowest BCUT2D eigenvalue weighted by Gasteiger charge is -2.22. The van der Waals surface area contributed by atoms with Gasteiger partial charge in [-0.05, 0) is 41.0 Å². The molecule has 0 aliphatic carbocycles. The highest BCUT2D eigenvalue weighted by Gasteiger charge is 2.17. The fraction of sp³-hybridized carbons (Fsp3) is 0.900. The molecule has 0 fully saturated rings. The predicted molar refractivity (Wildman–Crippen MR) is 57.1 cm³/mol. The van der Waals surface area contributed by atoms with E-state index in [4.69, 9.17) is 10.5 Å². The van der Waals surface area contributed by atoms with Crippen molar-refractivity contribution >= 4 is 6.09 Å². The number of rotatable bonds is 3. The Hall–Kier alpha value is -0.770. The summed E-state index contributed by atoms with van der Waals surface area (Å²) in [6.45, 7) is 9.33. The molecule has 4 nitrogen and oxygen atoms in total. The maximum absolute atomic E-state index is 11.3. The molecule has 0 spiro atoms. The van der Waals surface area contributed by atoms with Gasteiger partial charge >= 0.3 is 6.09 Å². The highest BCUT2D eigenvalue weighted by Crippen LogP contribution is 2.07. The summed E-state index contributed by atoms with van der Waals surface area (Å²) in [6, 6.07) is 0.129. The van der Waals surface area contributed by atoms with Crippen molar-refractivity contribution in [2.24, 2.45) is 5.73 Å². The van der Waals surface area contributed by atoms with Crippen molar-refractivity contribution in [2.45, 2.75) is 58.7 Å². The zero-order valence-electron chi connectivity index (χ0n) is 9.76. The summed E-state index contributed by atoms with van der Waals surface area (Å²) < 4.78 is 5.10. The van der Waals surface area contributed by atoms with Gasteiger partial charge in [0, 0.05) is 12.1 Å². The number of carbonyl (C=O) groups excluding carboxylic acids is 1. The molecule has 0 bridgehead atoms. The van der Waals surface area contributed by atoms with Gasteiger partial charge in [-0.1, -0.05) is 0 Å². The monoisotopic (exact) mass is 202 g/mol. The zero-order valence-corrected chi connectivity index (χ0v) is 9.76. The summed E-state index contributed by atoms with van der Waals surface area (Å²) in [5, 5.41) is 2.73. The van der Waals surface area contributed by atoms with Crippen LogP contribution in [0.25, 0.3) is 0 Å². The normalized spacial score (nSPS) is 15.9. The molecule has 2 atom stereocenters. The van der Waals surface area contributed by atoms with Crippen molar-refractivity contribution in [1.29, 1.82) is 0 Å². The molecule has 0 radical (unpaired) electrons. The van der Waals surface area contributed by atoms with Crippen LogP contribution in [0.1, 0.15) is 41.0 Å². The first kappa shape index (κ1) is 13.2. The molecule has 0 unspecified atom stereocenters. The van der Waals surface area contributed by atoms with Crippen LogP contribution >= 0.6 is 0 Å². The van der Waals surface area contributed by atoms with Crippen molar-refractivity contribution in [1.82, 2.24) is 5.32 Å². The molecular weight excluding hydrogens is 180 g/mol. The summed E-state index contributed by atoms with van der Waals surface area (Å²) in [4.78, 5) is 11.3. The standard InChI is InChI=1S/C10H22N2O2/c1-7(11)6-8(2)12-9(13)14-10(3,4)5/h7-8H,6,11H2,1-5H3,(H,12,13)/t7-,8-/m1/s1. The third-order valence-corrected chi connectivity index (χ3v) is 1.49. The SMILES string of the molecule is C[C@H](C[C@@H](C)N)NC(=O)OC(C)(C)C. The molecule has 0 aromatic heterocycles. The van der Waals surface area contributed by atoms with Gasteiger partial charge in [-0.3, -0.25) is 0 Å². The molecule has 14 heavy (non-hydrogen) atoms. The first-order chi connectivity index (χ1) is 6.20. The largest absolute Gasteiger partial charge is 0.444 e. The first-order valence-electron chi connectivity index (χ1n) is 4.96. The molecular formula is C10H22N2O2. The van der Waals surface area contributed by atoms with Crippen LogP contribution < -0.4 is 11.1 Å². The van der Waals surface area contributed by atoms with Crippen molar-refractivity contribution in [3.8, 4) is 0 Å². The summed E-state index contributed by atoms with van der Waals surface area (Å²) in [5.74, 6) is 0. The van der Waals surface area contributed by atoms with E-state index >= 15 is 0 Å². The Labute approximate surface area is 86.2 Å². The van der Waals surface area contributed by atoms with E-state index < -0.39 is 5.60 Å². The molecule has 0 rings (SSSR count). The molecule has 0 saturated heterocycles. The number of nitrogens with one attached hydrogen (secondary N) is 1.